The van der Waals surface area contributed by atoms with Gasteiger partial charge in [0, 0.05) is 16.6 Å². The molecule has 9 heteroatoms. The van der Waals surface area contributed by atoms with E-state index in [-0.39, 0.29) is 11.6 Å². The maximum atomic E-state index is 11.4. The molecule has 1 spiro atoms. The fourth-order valence-corrected chi connectivity index (χ4v) is 5.24. The molecule has 3 aromatic heterocycles. The zero-order valence-electron chi connectivity index (χ0n) is 17.0. The van der Waals surface area contributed by atoms with Crippen LogP contribution in [0.4, 0.5) is 0 Å². The van der Waals surface area contributed by atoms with Crippen molar-refractivity contribution in [2.45, 2.75) is 45.1 Å². The minimum atomic E-state index is -0.653. The first-order chi connectivity index (χ1) is 15.0. The second kappa shape index (κ2) is 6.75. The minimum Gasteiger partial charge on any atom is -0.324 e. The Morgan fingerprint density at radius 1 is 1.26 bits per heavy atom. The lowest BCUT2D eigenvalue weighted by molar-refractivity contribution is 0.252. The summed E-state index contributed by atoms with van der Waals surface area (Å²) in [7, 11) is 0. The maximum absolute atomic E-state index is 11.4. The Morgan fingerprint density at radius 2 is 2.10 bits per heavy atom. The second-order valence-corrected chi connectivity index (χ2v) is 9.38. The highest BCUT2D eigenvalue weighted by atomic mass is 35.5. The molecule has 3 heterocycles. The van der Waals surface area contributed by atoms with Gasteiger partial charge in [-0.1, -0.05) is 48.7 Å². The third kappa shape index (κ3) is 3.08. The largest absolute Gasteiger partial charge is 0.439 e. The van der Waals surface area contributed by atoms with Gasteiger partial charge in [-0.3, -0.25) is 9.51 Å². The van der Waals surface area contributed by atoms with Gasteiger partial charge in [0.1, 0.15) is 11.2 Å². The standard InChI is InChI=1S/C22H21ClN6O2/c1-12-5-7-22(8-6-12)10-15(22)29-11-24-18-17(29)16(13-3-2-4-14(23)9-13)25-19(26-18)20-27-21(30)31-28-20/h2-4,9,11-12,15H,5-8,10H2,1H3,(H,27,28,30). The SMILES string of the molecule is CC1CCC2(CC1)CC2n1cnc2nc(-c3noc(=O)[nH]3)nc(-c3cccc(Cl)c3)c21. The van der Waals surface area contributed by atoms with E-state index in [9.17, 15) is 4.79 Å². The predicted octanol–water partition coefficient (Wildman–Crippen LogP) is 4.63. The zero-order chi connectivity index (χ0) is 21.2. The molecule has 1 unspecified atom stereocenters. The summed E-state index contributed by atoms with van der Waals surface area (Å²) in [5.74, 6) is 0.591. The molecule has 4 aromatic rings. The van der Waals surface area contributed by atoms with E-state index in [1.54, 1.807) is 0 Å². The molecule has 2 aliphatic carbocycles. The smallest absolute Gasteiger partial charge is 0.324 e. The summed E-state index contributed by atoms with van der Waals surface area (Å²) in [6.45, 7) is 2.34. The quantitative estimate of drug-likeness (QED) is 0.502. The molecule has 2 aliphatic rings. The van der Waals surface area contributed by atoms with Crippen molar-refractivity contribution in [3.63, 3.8) is 0 Å². The van der Waals surface area contributed by atoms with Crippen LogP contribution in [0.15, 0.2) is 39.9 Å². The number of aromatic nitrogens is 6. The topological polar surface area (TPSA) is 102 Å². The van der Waals surface area contributed by atoms with Gasteiger partial charge in [0.15, 0.2) is 5.65 Å². The summed E-state index contributed by atoms with van der Waals surface area (Å²) < 4.78 is 6.89. The van der Waals surface area contributed by atoms with E-state index in [1.807, 2.05) is 30.6 Å². The molecular formula is C22H21ClN6O2. The van der Waals surface area contributed by atoms with Gasteiger partial charge >= 0.3 is 5.76 Å². The van der Waals surface area contributed by atoms with Crippen molar-refractivity contribution in [2.24, 2.45) is 11.3 Å². The summed E-state index contributed by atoms with van der Waals surface area (Å²) in [5, 5.41) is 4.37. The van der Waals surface area contributed by atoms with E-state index in [2.05, 4.69) is 36.1 Å². The highest BCUT2D eigenvalue weighted by molar-refractivity contribution is 6.30. The molecular weight excluding hydrogens is 416 g/mol. The molecule has 0 saturated heterocycles. The van der Waals surface area contributed by atoms with Crippen LogP contribution >= 0.6 is 11.6 Å². The molecule has 158 valence electrons. The van der Waals surface area contributed by atoms with Crippen LogP contribution in [0, 0.1) is 11.3 Å². The lowest BCUT2D eigenvalue weighted by Crippen LogP contribution is -2.16. The number of nitrogens with one attached hydrogen (secondary N) is 1. The molecule has 1 atom stereocenters. The van der Waals surface area contributed by atoms with Gasteiger partial charge in [0.2, 0.25) is 11.6 Å². The molecule has 0 amide bonds. The van der Waals surface area contributed by atoms with Gasteiger partial charge in [-0.2, -0.15) is 0 Å². The van der Waals surface area contributed by atoms with Crippen LogP contribution in [-0.2, 0) is 0 Å². The second-order valence-electron chi connectivity index (χ2n) is 8.94. The first-order valence-electron chi connectivity index (χ1n) is 10.6. The number of fused-ring (bicyclic) bond motifs is 1. The normalized spacial score (nSPS) is 25.4. The van der Waals surface area contributed by atoms with Crippen LogP contribution in [0.25, 0.3) is 34.1 Å². The van der Waals surface area contributed by atoms with Gasteiger partial charge in [-0.05, 0) is 42.7 Å². The van der Waals surface area contributed by atoms with Gasteiger partial charge < -0.3 is 4.57 Å². The Balaban J connectivity index is 1.52. The summed E-state index contributed by atoms with van der Waals surface area (Å²) in [4.78, 5) is 27.9. The Kier molecular flexibility index (Phi) is 4.08. The Morgan fingerprint density at radius 3 is 2.84 bits per heavy atom. The Hall–Kier alpha value is -3.00. The van der Waals surface area contributed by atoms with Crippen molar-refractivity contribution in [2.75, 3.05) is 0 Å². The number of H-pyrrole nitrogens is 1. The van der Waals surface area contributed by atoms with Gasteiger partial charge in [-0.25, -0.2) is 19.7 Å². The van der Waals surface area contributed by atoms with Crippen LogP contribution in [0.5, 0.6) is 0 Å². The lowest BCUT2D eigenvalue weighted by Gasteiger charge is -2.27. The van der Waals surface area contributed by atoms with E-state index in [4.69, 9.17) is 16.6 Å². The number of rotatable bonds is 3. The zero-order valence-corrected chi connectivity index (χ0v) is 17.8. The molecule has 0 bridgehead atoms. The molecule has 2 saturated carbocycles. The highest BCUT2D eigenvalue weighted by Gasteiger charge is 2.56. The number of hydrogen-bond acceptors (Lipinski definition) is 6. The first-order valence-corrected chi connectivity index (χ1v) is 11.0. The number of halogens is 1. The summed E-state index contributed by atoms with van der Waals surface area (Å²) >= 11 is 6.28. The molecule has 31 heavy (non-hydrogen) atoms. The predicted molar refractivity (Wildman–Crippen MR) is 116 cm³/mol. The van der Waals surface area contributed by atoms with Crippen LogP contribution in [0.2, 0.25) is 5.02 Å². The maximum Gasteiger partial charge on any atom is 0.439 e. The van der Waals surface area contributed by atoms with Crippen LogP contribution in [0.1, 0.15) is 45.1 Å². The minimum absolute atomic E-state index is 0.175. The van der Waals surface area contributed by atoms with Crippen molar-refractivity contribution in [1.29, 1.82) is 0 Å². The average Bonchev–Trinajstić information content (AvgIpc) is 3.08. The number of imidazole rings is 1. The molecule has 8 nitrogen and oxygen atoms in total. The number of hydrogen-bond donors (Lipinski definition) is 1. The van der Waals surface area contributed by atoms with Crippen molar-refractivity contribution in [3.8, 4) is 22.9 Å². The van der Waals surface area contributed by atoms with Gasteiger partial charge in [-0.15, -0.1) is 0 Å². The molecule has 6 rings (SSSR count). The molecule has 2 fully saturated rings. The third-order valence-corrected chi connectivity index (χ3v) is 7.17. The van der Waals surface area contributed by atoms with Crippen molar-refractivity contribution < 1.29 is 4.52 Å². The van der Waals surface area contributed by atoms with Crippen LogP contribution < -0.4 is 5.76 Å². The van der Waals surface area contributed by atoms with E-state index in [1.165, 1.54) is 32.1 Å². The number of aromatic amines is 1. The summed E-state index contributed by atoms with van der Waals surface area (Å²) in [6.07, 6.45) is 8.11. The Labute approximate surface area is 182 Å². The fraction of sp³-hybridized carbons (Fsp3) is 0.409. The fourth-order valence-electron chi connectivity index (χ4n) is 5.04. The van der Waals surface area contributed by atoms with Crippen molar-refractivity contribution in [1.82, 2.24) is 29.7 Å². The summed E-state index contributed by atoms with van der Waals surface area (Å²) in [6, 6.07) is 7.97. The Bertz CT molecular complexity index is 1350. The van der Waals surface area contributed by atoms with Crippen LogP contribution in [0.3, 0.4) is 0 Å². The summed E-state index contributed by atoms with van der Waals surface area (Å²) in [5.41, 5.74) is 3.39. The molecule has 0 radical (unpaired) electrons. The monoisotopic (exact) mass is 436 g/mol. The van der Waals surface area contributed by atoms with E-state index < -0.39 is 5.76 Å². The van der Waals surface area contributed by atoms with Crippen LogP contribution in [-0.4, -0.2) is 29.7 Å². The van der Waals surface area contributed by atoms with Crippen molar-refractivity contribution >= 4 is 22.8 Å². The average molecular weight is 437 g/mol. The van der Waals surface area contributed by atoms with E-state index in [0.29, 0.717) is 22.1 Å². The van der Waals surface area contributed by atoms with Crippen molar-refractivity contribution in [3.05, 3.63) is 46.2 Å². The third-order valence-electron chi connectivity index (χ3n) is 6.93. The lowest BCUT2D eigenvalue weighted by atomic mass is 9.80. The molecule has 1 N–H and O–H groups in total. The highest BCUT2D eigenvalue weighted by Crippen LogP contribution is 2.65. The molecule has 1 aromatic carbocycles. The van der Waals surface area contributed by atoms with Gasteiger partial charge in [0.25, 0.3) is 0 Å². The van der Waals surface area contributed by atoms with E-state index >= 15 is 0 Å². The first kappa shape index (κ1) is 18.7. The van der Waals surface area contributed by atoms with E-state index in [0.717, 1.165) is 22.7 Å². The van der Waals surface area contributed by atoms with Gasteiger partial charge in [0.05, 0.1) is 6.33 Å². The number of nitrogens with zero attached hydrogens (tertiary/aromatic N) is 5. The molecule has 0 aliphatic heterocycles. The number of benzene rings is 1.